The van der Waals surface area contributed by atoms with Crippen LogP contribution in [0.2, 0.25) is 0 Å². The molecule has 0 saturated heterocycles. The summed E-state index contributed by atoms with van der Waals surface area (Å²) in [5.41, 5.74) is 2.23. The highest BCUT2D eigenvalue weighted by Gasteiger charge is 2.34. The van der Waals surface area contributed by atoms with E-state index in [1.54, 1.807) is 0 Å². The first-order valence-electron chi connectivity index (χ1n) is 5.00. The average Bonchev–Trinajstić information content (AvgIpc) is 2.96. The van der Waals surface area contributed by atoms with Crippen LogP contribution in [0.1, 0.15) is 33.1 Å². The van der Waals surface area contributed by atoms with Crippen molar-refractivity contribution >= 4 is 5.91 Å². The van der Waals surface area contributed by atoms with Gasteiger partial charge in [0, 0.05) is 6.04 Å². The second-order valence-corrected chi connectivity index (χ2v) is 3.49. The molecule has 4 nitrogen and oxygen atoms in total. The second-order valence-electron chi connectivity index (χ2n) is 3.49. The van der Waals surface area contributed by atoms with Crippen molar-refractivity contribution < 1.29 is 4.79 Å². The molecule has 0 spiro atoms. The normalized spacial score (nSPS) is 18.8. The first-order chi connectivity index (χ1) is 6.24. The van der Waals surface area contributed by atoms with Crippen molar-refractivity contribution in [2.75, 3.05) is 6.54 Å². The van der Waals surface area contributed by atoms with Gasteiger partial charge < -0.3 is 0 Å². The third-order valence-electron chi connectivity index (χ3n) is 2.61. The summed E-state index contributed by atoms with van der Waals surface area (Å²) in [6.07, 6.45) is 3.28. The van der Waals surface area contributed by atoms with Gasteiger partial charge in [-0.25, -0.2) is 5.84 Å². The summed E-state index contributed by atoms with van der Waals surface area (Å²) < 4.78 is 0. The molecule has 1 unspecified atom stereocenters. The Morgan fingerprint density at radius 3 is 2.54 bits per heavy atom. The van der Waals surface area contributed by atoms with Crippen LogP contribution in [0.25, 0.3) is 0 Å². The highest BCUT2D eigenvalue weighted by Crippen LogP contribution is 2.29. The van der Waals surface area contributed by atoms with Gasteiger partial charge in [-0.3, -0.25) is 15.1 Å². The zero-order valence-electron chi connectivity index (χ0n) is 8.42. The maximum absolute atomic E-state index is 11.4. The van der Waals surface area contributed by atoms with Crippen molar-refractivity contribution in [3.05, 3.63) is 0 Å². The van der Waals surface area contributed by atoms with Gasteiger partial charge in [-0.1, -0.05) is 13.8 Å². The average molecular weight is 185 g/mol. The van der Waals surface area contributed by atoms with Gasteiger partial charge in [-0.2, -0.15) is 0 Å². The van der Waals surface area contributed by atoms with Gasteiger partial charge in [-0.15, -0.1) is 0 Å². The molecule has 0 aromatic heterocycles. The third-order valence-corrected chi connectivity index (χ3v) is 2.61. The minimum atomic E-state index is -0.0590. The van der Waals surface area contributed by atoms with Crippen LogP contribution < -0.4 is 11.3 Å². The summed E-state index contributed by atoms with van der Waals surface area (Å²) >= 11 is 0. The summed E-state index contributed by atoms with van der Waals surface area (Å²) in [6, 6.07) is 0.578. The van der Waals surface area contributed by atoms with E-state index in [4.69, 9.17) is 5.84 Å². The molecule has 0 aromatic carbocycles. The summed E-state index contributed by atoms with van der Waals surface area (Å²) in [5.74, 6) is 5.08. The van der Waals surface area contributed by atoms with Crippen molar-refractivity contribution in [3.63, 3.8) is 0 Å². The van der Waals surface area contributed by atoms with E-state index in [1.165, 1.54) is 12.8 Å². The Hall–Kier alpha value is -0.610. The molecule has 1 rings (SSSR count). The molecule has 0 heterocycles. The van der Waals surface area contributed by atoms with Crippen LogP contribution in [0.3, 0.4) is 0 Å². The number of amides is 1. The van der Waals surface area contributed by atoms with Gasteiger partial charge >= 0.3 is 0 Å². The molecule has 0 aromatic rings. The Morgan fingerprint density at radius 1 is 1.62 bits per heavy atom. The lowest BCUT2D eigenvalue weighted by molar-refractivity contribution is -0.126. The van der Waals surface area contributed by atoms with Crippen molar-refractivity contribution in [1.82, 2.24) is 10.3 Å². The Morgan fingerprint density at radius 2 is 2.23 bits per heavy atom. The van der Waals surface area contributed by atoms with Crippen LogP contribution in [-0.4, -0.2) is 29.4 Å². The molecule has 1 saturated carbocycles. The monoisotopic (exact) mass is 185 g/mol. The van der Waals surface area contributed by atoms with E-state index in [9.17, 15) is 4.79 Å². The predicted octanol–water partition coefficient (Wildman–Crippen LogP) is 0.239. The van der Waals surface area contributed by atoms with Crippen LogP contribution in [0, 0.1) is 0 Å². The molecular weight excluding hydrogens is 166 g/mol. The molecule has 0 bridgehead atoms. The number of hydrogen-bond acceptors (Lipinski definition) is 3. The fourth-order valence-corrected chi connectivity index (χ4v) is 1.81. The number of hydrogen-bond donors (Lipinski definition) is 2. The van der Waals surface area contributed by atoms with Gasteiger partial charge in [0.25, 0.3) is 5.91 Å². The fourth-order valence-electron chi connectivity index (χ4n) is 1.81. The fraction of sp³-hybridized carbons (Fsp3) is 0.889. The number of hydrazine groups is 1. The second kappa shape index (κ2) is 4.58. The summed E-state index contributed by atoms with van der Waals surface area (Å²) in [5, 5.41) is 0. The Balaban J connectivity index is 2.55. The topological polar surface area (TPSA) is 58.4 Å². The molecule has 1 aliphatic rings. The lowest BCUT2D eigenvalue weighted by atomic mass is 10.1. The Labute approximate surface area is 79.4 Å². The first kappa shape index (κ1) is 10.5. The quantitative estimate of drug-likeness (QED) is 0.366. The van der Waals surface area contributed by atoms with Crippen molar-refractivity contribution in [3.8, 4) is 0 Å². The molecule has 13 heavy (non-hydrogen) atoms. The van der Waals surface area contributed by atoms with Gasteiger partial charge in [0.15, 0.2) is 0 Å². The highest BCUT2D eigenvalue weighted by atomic mass is 16.2. The summed E-state index contributed by atoms with van der Waals surface area (Å²) in [7, 11) is 0. The molecule has 76 valence electrons. The standard InChI is InChI=1S/C9H19N3O/c1-3-8(9(13)11-10)12(4-2)7-5-6-7/h7-8H,3-6,10H2,1-2H3,(H,11,13). The number of nitrogens with zero attached hydrogens (tertiary/aromatic N) is 1. The van der Waals surface area contributed by atoms with Crippen LogP contribution in [-0.2, 0) is 4.79 Å². The van der Waals surface area contributed by atoms with E-state index in [1.807, 2.05) is 6.92 Å². The van der Waals surface area contributed by atoms with Gasteiger partial charge in [0.2, 0.25) is 0 Å². The van der Waals surface area contributed by atoms with Crippen LogP contribution in [0.5, 0.6) is 0 Å². The van der Waals surface area contributed by atoms with E-state index in [2.05, 4.69) is 17.2 Å². The van der Waals surface area contributed by atoms with Crippen LogP contribution >= 0.6 is 0 Å². The zero-order chi connectivity index (χ0) is 9.84. The van der Waals surface area contributed by atoms with Crippen LogP contribution in [0.4, 0.5) is 0 Å². The predicted molar refractivity (Wildman–Crippen MR) is 51.8 cm³/mol. The third kappa shape index (κ3) is 2.42. The SMILES string of the molecule is CCC(C(=O)NN)N(CC)C1CC1. The highest BCUT2D eigenvalue weighted by molar-refractivity contribution is 5.81. The minimum Gasteiger partial charge on any atom is -0.293 e. The Kier molecular flexibility index (Phi) is 3.69. The van der Waals surface area contributed by atoms with Crippen molar-refractivity contribution in [2.45, 2.75) is 45.2 Å². The molecule has 1 amide bonds. The van der Waals surface area contributed by atoms with Crippen molar-refractivity contribution in [1.29, 1.82) is 0 Å². The summed E-state index contributed by atoms with van der Waals surface area (Å²) in [4.78, 5) is 13.6. The Bertz CT molecular complexity index is 180. The van der Waals surface area contributed by atoms with E-state index >= 15 is 0 Å². The molecular formula is C9H19N3O. The molecule has 1 atom stereocenters. The largest absolute Gasteiger partial charge is 0.293 e. The molecule has 1 fully saturated rings. The van der Waals surface area contributed by atoms with Crippen LogP contribution in [0.15, 0.2) is 0 Å². The maximum Gasteiger partial charge on any atom is 0.251 e. The van der Waals surface area contributed by atoms with E-state index in [0.29, 0.717) is 6.04 Å². The lowest BCUT2D eigenvalue weighted by Crippen LogP contribution is -2.49. The zero-order valence-corrected chi connectivity index (χ0v) is 8.42. The summed E-state index contributed by atoms with van der Waals surface area (Å²) in [6.45, 7) is 5.03. The molecule has 3 N–H and O–H groups in total. The van der Waals surface area contributed by atoms with Gasteiger partial charge in [0.1, 0.15) is 0 Å². The minimum absolute atomic E-state index is 0.0394. The number of carbonyl (C=O) groups excluding carboxylic acids is 1. The van der Waals surface area contributed by atoms with Gasteiger partial charge in [-0.05, 0) is 25.8 Å². The number of nitrogens with two attached hydrogens (primary N) is 1. The van der Waals surface area contributed by atoms with E-state index in [-0.39, 0.29) is 11.9 Å². The first-order valence-corrected chi connectivity index (χ1v) is 5.00. The lowest BCUT2D eigenvalue weighted by Gasteiger charge is -2.28. The number of rotatable bonds is 5. The smallest absolute Gasteiger partial charge is 0.251 e. The number of nitrogens with one attached hydrogen (secondary N) is 1. The number of carbonyl (C=O) groups is 1. The van der Waals surface area contributed by atoms with Gasteiger partial charge in [0.05, 0.1) is 6.04 Å². The van der Waals surface area contributed by atoms with E-state index in [0.717, 1.165) is 13.0 Å². The van der Waals surface area contributed by atoms with Crippen molar-refractivity contribution in [2.24, 2.45) is 5.84 Å². The maximum atomic E-state index is 11.4. The number of likely N-dealkylation sites (N-methyl/N-ethyl adjacent to an activating group) is 1. The molecule has 0 radical (unpaired) electrons. The molecule has 1 aliphatic carbocycles. The molecule has 4 heteroatoms. The molecule has 0 aliphatic heterocycles. The van der Waals surface area contributed by atoms with E-state index < -0.39 is 0 Å².